The van der Waals surface area contributed by atoms with Crippen LogP contribution in [0.1, 0.15) is 77.7 Å². The molecule has 0 aliphatic rings. The predicted molar refractivity (Wildman–Crippen MR) is 108 cm³/mol. The lowest BCUT2D eigenvalue weighted by Crippen LogP contribution is -2.53. The van der Waals surface area contributed by atoms with E-state index in [0.29, 0.717) is 6.04 Å². The summed E-state index contributed by atoms with van der Waals surface area (Å²) in [5.74, 6) is 0. The van der Waals surface area contributed by atoms with Gasteiger partial charge in [0.05, 0.1) is 13.1 Å². The first-order valence-electron chi connectivity index (χ1n) is 10.2. The van der Waals surface area contributed by atoms with Crippen molar-refractivity contribution in [1.82, 2.24) is 0 Å². The normalized spacial score (nSPS) is 13.0. The van der Waals surface area contributed by atoms with Gasteiger partial charge in [-0.15, -0.1) is 0 Å². The van der Waals surface area contributed by atoms with E-state index in [4.69, 9.17) is 0 Å². The van der Waals surface area contributed by atoms with Gasteiger partial charge in [-0.25, -0.2) is 0 Å². The molecule has 1 rings (SSSR count). The topological polar surface area (TPSA) is 0 Å². The van der Waals surface area contributed by atoms with Crippen LogP contribution in [0.4, 0.5) is 0 Å². The SMILES string of the molecule is C=CC(CCCCCCCCC)[N+](CC)(CC)Cc1ccccc1. The molecular weight excluding hydrogens is 290 g/mol. The van der Waals surface area contributed by atoms with Crippen molar-refractivity contribution in [1.29, 1.82) is 0 Å². The zero-order chi connectivity index (χ0) is 17.7. The summed E-state index contributed by atoms with van der Waals surface area (Å²) in [6, 6.07) is 11.6. The van der Waals surface area contributed by atoms with Crippen LogP contribution in [-0.4, -0.2) is 23.6 Å². The summed E-state index contributed by atoms with van der Waals surface area (Å²) in [5, 5.41) is 0. The molecule has 1 aromatic carbocycles. The molecule has 0 saturated carbocycles. The number of hydrogen-bond acceptors (Lipinski definition) is 0. The van der Waals surface area contributed by atoms with Crippen molar-refractivity contribution in [3.63, 3.8) is 0 Å². The molecule has 1 atom stereocenters. The molecular formula is C23H40N+. The Hall–Kier alpha value is -1.08. The first-order chi connectivity index (χ1) is 11.7. The Bertz CT molecular complexity index is 419. The third-order valence-electron chi connectivity index (χ3n) is 5.68. The molecule has 0 N–H and O–H groups in total. The highest BCUT2D eigenvalue weighted by Crippen LogP contribution is 2.24. The van der Waals surface area contributed by atoms with Crippen molar-refractivity contribution >= 4 is 0 Å². The Balaban J connectivity index is 2.55. The van der Waals surface area contributed by atoms with E-state index in [2.05, 4.69) is 63.8 Å². The van der Waals surface area contributed by atoms with Gasteiger partial charge in [0.1, 0.15) is 12.6 Å². The molecule has 0 aliphatic carbocycles. The molecule has 0 fully saturated rings. The number of hydrogen-bond donors (Lipinski definition) is 0. The first kappa shape index (κ1) is 21.0. The van der Waals surface area contributed by atoms with Crippen LogP contribution in [0.15, 0.2) is 43.0 Å². The van der Waals surface area contributed by atoms with E-state index in [0.717, 1.165) is 11.0 Å². The second kappa shape index (κ2) is 12.3. The van der Waals surface area contributed by atoms with Gasteiger partial charge in [0.2, 0.25) is 0 Å². The molecule has 0 radical (unpaired) electrons. The van der Waals surface area contributed by atoms with E-state index < -0.39 is 0 Å². The number of quaternary nitrogens is 1. The summed E-state index contributed by atoms with van der Waals surface area (Å²) in [6.07, 6.45) is 13.2. The highest BCUT2D eigenvalue weighted by atomic mass is 15.4. The average Bonchev–Trinajstić information content (AvgIpc) is 2.63. The van der Waals surface area contributed by atoms with E-state index in [-0.39, 0.29) is 0 Å². The van der Waals surface area contributed by atoms with Crippen molar-refractivity contribution in [3.05, 3.63) is 48.6 Å². The van der Waals surface area contributed by atoms with Crippen LogP contribution in [0, 0.1) is 0 Å². The maximum atomic E-state index is 4.19. The van der Waals surface area contributed by atoms with Gasteiger partial charge in [0.25, 0.3) is 0 Å². The van der Waals surface area contributed by atoms with E-state index in [1.807, 2.05) is 0 Å². The molecule has 0 heterocycles. The van der Waals surface area contributed by atoms with Crippen LogP contribution in [0.5, 0.6) is 0 Å². The number of rotatable bonds is 14. The maximum Gasteiger partial charge on any atom is 0.108 e. The van der Waals surface area contributed by atoms with Gasteiger partial charge in [-0.3, -0.25) is 0 Å². The zero-order valence-electron chi connectivity index (χ0n) is 16.5. The molecule has 0 spiro atoms. The summed E-state index contributed by atoms with van der Waals surface area (Å²) in [4.78, 5) is 0. The van der Waals surface area contributed by atoms with Gasteiger partial charge in [0, 0.05) is 12.0 Å². The van der Waals surface area contributed by atoms with Gasteiger partial charge in [-0.05, 0) is 26.3 Å². The van der Waals surface area contributed by atoms with Crippen LogP contribution in [0.25, 0.3) is 0 Å². The largest absolute Gasteiger partial charge is 0.315 e. The molecule has 1 nitrogen and oxygen atoms in total. The molecule has 1 aromatic rings. The fraction of sp³-hybridized carbons (Fsp3) is 0.652. The molecule has 0 aromatic heterocycles. The third kappa shape index (κ3) is 6.81. The minimum absolute atomic E-state index is 0.579. The monoisotopic (exact) mass is 330 g/mol. The van der Waals surface area contributed by atoms with Gasteiger partial charge < -0.3 is 4.48 Å². The van der Waals surface area contributed by atoms with Crippen molar-refractivity contribution in [2.75, 3.05) is 13.1 Å². The molecule has 0 aliphatic heterocycles. The van der Waals surface area contributed by atoms with Gasteiger partial charge in [-0.2, -0.15) is 0 Å². The first-order valence-corrected chi connectivity index (χ1v) is 10.2. The summed E-state index contributed by atoms with van der Waals surface area (Å²) in [6.45, 7) is 14.6. The number of benzene rings is 1. The fourth-order valence-electron chi connectivity index (χ4n) is 3.91. The Morgan fingerprint density at radius 2 is 1.46 bits per heavy atom. The summed E-state index contributed by atoms with van der Waals surface area (Å²) in [7, 11) is 0. The van der Waals surface area contributed by atoms with Crippen molar-refractivity contribution < 1.29 is 4.48 Å². The summed E-state index contributed by atoms with van der Waals surface area (Å²) in [5.41, 5.74) is 1.45. The number of nitrogens with zero attached hydrogens (tertiary/aromatic N) is 1. The second-order valence-corrected chi connectivity index (χ2v) is 7.21. The van der Waals surface area contributed by atoms with Gasteiger partial charge >= 0.3 is 0 Å². The van der Waals surface area contributed by atoms with Crippen LogP contribution in [-0.2, 0) is 6.54 Å². The molecule has 24 heavy (non-hydrogen) atoms. The van der Waals surface area contributed by atoms with E-state index in [9.17, 15) is 0 Å². The molecule has 0 amide bonds. The van der Waals surface area contributed by atoms with Crippen molar-refractivity contribution in [2.24, 2.45) is 0 Å². The van der Waals surface area contributed by atoms with Crippen LogP contribution >= 0.6 is 0 Å². The smallest absolute Gasteiger partial charge is 0.108 e. The van der Waals surface area contributed by atoms with Crippen LogP contribution < -0.4 is 0 Å². The van der Waals surface area contributed by atoms with E-state index in [1.165, 1.54) is 70.0 Å². The molecule has 0 saturated heterocycles. The Morgan fingerprint density at radius 3 is 2.00 bits per heavy atom. The highest BCUT2D eigenvalue weighted by Gasteiger charge is 2.31. The van der Waals surface area contributed by atoms with Gasteiger partial charge in [-0.1, -0.05) is 82.4 Å². The average molecular weight is 331 g/mol. The lowest BCUT2D eigenvalue weighted by molar-refractivity contribution is -0.955. The Labute approximate surface area is 151 Å². The fourth-order valence-corrected chi connectivity index (χ4v) is 3.91. The standard InChI is InChI=1S/C23H40N/c1-5-9-10-11-12-13-17-20-23(6-2)24(7-3,8-4)21-22-18-15-14-16-19-22/h6,14-16,18-19,23H,2,5,7-13,17,20-21H2,1,3-4H3/q+1. The zero-order valence-corrected chi connectivity index (χ0v) is 16.5. The van der Waals surface area contributed by atoms with E-state index >= 15 is 0 Å². The summed E-state index contributed by atoms with van der Waals surface area (Å²) >= 11 is 0. The molecule has 1 unspecified atom stereocenters. The third-order valence-corrected chi connectivity index (χ3v) is 5.68. The van der Waals surface area contributed by atoms with Crippen LogP contribution in [0.3, 0.4) is 0 Å². The lowest BCUT2D eigenvalue weighted by Gasteiger charge is -2.43. The maximum absolute atomic E-state index is 4.19. The lowest BCUT2D eigenvalue weighted by atomic mass is 10.0. The Morgan fingerprint density at radius 1 is 0.875 bits per heavy atom. The van der Waals surface area contributed by atoms with Gasteiger partial charge in [0.15, 0.2) is 0 Å². The summed E-state index contributed by atoms with van der Waals surface area (Å²) < 4.78 is 1.14. The minimum Gasteiger partial charge on any atom is -0.315 e. The Kier molecular flexibility index (Phi) is 10.7. The van der Waals surface area contributed by atoms with Crippen molar-refractivity contribution in [2.45, 2.75) is 84.7 Å². The van der Waals surface area contributed by atoms with Crippen LogP contribution in [0.2, 0.25) is 0 Å². The minimum atomic E-state index is 0.579. The van der Waals surface area contributed by atoms with E-state index in [1.54, 1.807) is 0 Å². The second-order valence-electron chi connectivity index (χ2n) is 7.21. The highest BCUT2D eigenvalue weighted by molar-refractivity contribution is 5.13. The molecule has 1 heteroatoms. The number of likely N-dealkylation sites (N-methyl/N-ethyl adjacent to an activating group) is 1. The molecule has 0 bridgehead atoms. The number of unbranched alkanes of at least 4 members (excludes halogenated alkanes) is 6. The quantitative estimate of drug-likeness (QED) is 0.201. The van der Waals surface area contributed by atoms with Crippen molar-refractivity contribution in [3.8, 4) is 0 Å². The predicted octanol–water partition coefficient (Wildman–Crippen LogP) is 6.74. The molecule has 136 valence electrons.